The molecule has 3 nitrogen and oxygen atoms in total. The molecule has 2 aromatic carbocycles. The number of halogens is 1. The van der Waals surface area contributed by atoms with E-state index in [4.69, 9.17) is 5.73 Å². The number of rotatable bonds is 2. The summed E-state index contributed by atoms with van der Waals surface area (Å²) in [6.45, 7) is 7.99. The van der Waals surface area contributed by atoms with Gasteiger partial charge in [0.2, 0.25) is 0 Å². The van der Waals surface area contributed by atoms with Crippen molar-refractivity contribution in [2.75, 3.05) is 17.2 Å². The first-order chi connectivity index (χ1) is 12.4. The minimum absolute atomic E-state index is 0.148. The van der Waals surface area contributed by atoms with Crippen LogP contribution in [0.4, 0.5) is 15.1 Å². The molecule has 0 aliphatic carbocycles. The number of anilines is 2. The molecule has 26 heavy (non-hydrogen) atoms. The molecule has 0 saturated carbocycles. The predicted octanol–water partition coefficient (Wildman–Crippen LogP) is 5.02. The second kappa shape index (κ2) is 6.40. The summed E-state index contributed by atoms with van der Waals surface area (Å²) < 4.78 is 17.8. The first-order valence-corrected chi connectivity index (χ1v) is 9.57. The molecule has 5 heteroatoms. The fraction of sp³-hybridized carbons (Fsp3) is 0.286. The van der Waals surface area contributed by atoms with Gasteiger partial charge in [0.25, 0.3) is 0 Å². The van der Waals surface area contributed by atoms with E-state index in [9.17, 15) is 4.39 Å². The maximum atomic E-state index is 13.4. The highest BCUT2D eigenvalue weighted by atomic mass is 32.1. The van der Waals surface area contributed by atoms with Crippen LogP contribution in [0, 0.1) is 26.6 Å². The first kappa shape index (κ1) is 17.0. The molecule has 0 amide bonds. The number of hydrogen-bond donors (Lipinski definition) is 1. The number of nitrogens with zero attached hydrogens (tertiary/aromatic N) is 2. The third-order valence-corrected chi connectivity index (χ3v) is 5.97. The van der Waals surface area contributed by atoms with Gasteiger partial charge in [0, 0.05) is 24.3 Å². The van der Waals surface area contributed by atoms with E-state index in [-0.39, 0.29) is 5.82 Å². The van der Waals surface area contributed by atoms with Gasteiger partial charge in [-0.05, 0) is 90.8 Å². The Morgan fingerprint density at radius 3 is 2.42 bits per heavy atom. The normalized spacial score (nSPS) is 13.8. The topological polar surface area (TPSA) is 42.2 Å². The molecule has 3 aromatic rings. The average Bonchev–Trinajstić information content (AvgIpc) is 2.93. The van der Waals surface area contributed by atoms with Crippen LogP contribution in [0.15, 0.2) is 30.3 Å². The predicted molar refractivity (Wildman–Crippen MR) is 107 cm³/mol. The van der Waals surface area contributed by atoms with Crippen LogP contribution in [0.25, 0.3) is 11.1 Å². The van der Waals surface area contributed by atoms with Crippen molar-refractivity contribution in [3.63, 3.8) is 0 Å². The summed E-state index contributed by atoms with van der Waals surface area (Å²) in [5.41, 5.74) is 15.4. The average molecular weight is 367 g/mol. The SMILES string of the molecule is Cc1cc(N2CCc3cc(F)ccc3C2)cc(C)c1-c1c(C)nsc1N. The van der Waals surface area contributed by atoms with E-state index in [1.165, 1.54) is 39.5 Å². The summed E-state index contributed by atoms with van der Waals surface area (Å²) in [7, 11) is 0. The van der Waals surface area contributed by atoms with Crippen molar-refractivity contribution in [2.45, 2.75) is 33.7 Å². The first-order valence-electron chi connectivity index (χ1n) is 8.79. The van der Waals surface area contributed by atoms with Gasteiger partial charge in [-0.1, -0.05) is 6.07 Å². The maximum Gasteiger partial charge on any atom is 0.123 e. The second-order valence-corrected chi connectivity index (χ2v) is 7.85. The van der Waals surface area contributed by atoms with E-state index in [1.54, 1.807) is 12.1 Å². The third-order valence-electron chi connectivity index (χ3n) is 5.20. The molecule has 0 saturated heterocycles. The van der Waals surface area contributed by atoms with Crippen molar-refractivity contribution in [1.82, 2.24) is 4.37 Å². The number of nitrogens with two attached hydrogens (primary N) is 1. The lowest BCUT2D eigenvalue weighted by atomic mass is 9.93. The number of hydrogen-bond acceptors (Lipinski definition) is 4. The molecular formula is C21H22FN3S. The Labute approximate surface area is 157 Å². The number of benzene rings is 2. The van der Waals surface area contributed by atoms with Crippen molar-refractivity contribution in [2.24, 2.45) is 0 Å². The molecule has 4 rings (SSSR count). The molecule has 2 N–H and O–H groups in total. The van der Waals surface area contributed by atoms with Crippen LogP contribution in [-0.2, 0) is 13.0 Å². The number of fused-ring (bicyclic) bond motifs is 1. The largest absolute Gasteiger partial charge is 0.389 e. The van der Waals surface area contributed by atoms with Crippen LogP contribution in [0.1, 0.15) is 27.9 Å². The van der Waals surface area contributed by atoms with Gasteiger partial charge in [0.15, 0.2) is 0 Å². The van der Waals surface area contributed by atoms with Gasteiger partial charge in [0.1, 0.15) is 10.8 Å². The Hall–Kier alpha value is -2.40. The number of aromatic nitrogens is 1. The smallest absolute Gasteiger partial charge is 0.123 e. The van der Waals surface area contributed by atoms with Gasteiger partial charge in [-0.25, -0.2) is 4.39 Å². The lowest BCUT2D eigenvalue weighted by Crippen LogP contribution is -2.30. The summed E-state index contributed by atoms with van der Waals surface area (Å²) in [6.07, 6.45) is 0.868. The molecule has 134 valence electrons. The summed E-state index contributed by atoms with van der Waals surface area (Å²) in [5, 5.41) is 0.773. The van der Waals surface area contributed by atoms with E-state index in [2.05, 4.69) is 35.3 Å². The van der Waals surface area contributed by atoms with Crippen molar-refractivity contribution < 1.29 is 4.39 Å². The van der Waals surface area contributed by atoms with Crippen LogP contribution < -0.4 is 10.6 Å². The molecule has 0 radical (unpaired) electrons. The van der Waals surface area contributed by atoms with Crippen LogP contribution in [-0.4, -0.2) is 10.9 Å². The van der Waals surface area contributed by atoms with E-state index >= 15 is 0 Å². The Bertz CT molecular complexity index is 950. The Kier molecular flexibility index (Phi) is 4.19. The molecular weight excluding hydrogens is 345 g/mol. The molecule has 2 heterocycles. The summed E-state index contributed by atoms with van der Waals surface area (Å²) in [5.74, 6) is -0.148. The number of aryl methyl sites for hydroxylation is 3. The van der Waals surface area contributed by atoms with Crippen LogP contribution in [0.2, 0.25) is 0 Å². The van der Waals surface area contributed by atoms with E-state index < -0.39 is 0 Å². The molecule has 0 bridgehead atoms. The molecule has 1 aromatic heterocycles. The summed E-state index contributed by atoms with van der Waals surface area (Å²) in [6, 6.07) is 9.59. The van der Waals surface area contributed by atoms with Crippen LogP contribution in [0.5, 0.6) is 0 Å². The minimum Gasteiger partial charge on any atom is -0.389 e. The van der Waals surface area contributed by atoms with E-state index in [0.717, 1.165) is 41.3 Å². The molecule has 1 aliphatic rings. The fourth-order valence-electron chi connectivity index (χ4n) is 3.95. The van der Waals surface area contributed by atoms with Crippen molar-refractivity contribution >= 4 is 22.2 Å². The maximum absolute atomic E-state index is 13.4. The fourth-order valence-corrected chi connectivity index (χ4v) is 4.62. The zero-order chi connectivity index (χ0) is 18.4. The standard InChI is InChI=1S/C21H22FN3S/c1-12-8-18(9-13(2)19(12)20-14(3)24-26-21(20)23)25-7-6-15-10-17(22)5-4-16(15)11-25/h4-5,8-10H,6-7,11,23H2,1-3H3. The summed E-state index contributed by atoms with van der Waals surface area (Å²) in [4.78, 5) is 2.37. The van der Waals surface area contributed by atoms with Gasteiger partial charge in [-0.15, -0.1) is 0 Å². The molecule has 0 atom stereocenters. The second-order valence-electron chi connectivity index (χ2n) is 7.05. The molecule has 0 unspecified atom stereocenters. The highest BCUT2D eigenvalue weighted by molar-refractivity contribution is 7.10. The van der Waals surface area contributed by atoms with Crippen LogP contribution >= 0.6 is 11.5 Å². The van der Waals surface area contributed by atoms with Gasteiger partial charge >= 0.3 is 0 Å². The van der Waals surface area contributed by atoms with Crippen molar-refractivity contribution in [1.29, 1.82) is 0 Å². The zero-order valence-electron chi connectivity index (χ0n) is 15.3. The monoisotopic (exact) mass is 367 g/mol. The van der Waals surface area contributed by atoms with Gasteiger partial charge in [0.05, 0.1) is 5.69 Å². The summed E-state index contributed by atoms with van der Waals surface area (Å²) >= 11 is 1.36. The van der Waals surface area contributed by atoms with Gasteiger partial charge in [-0.2, -0.15) is 4.37 Å². The molecule has 1 aliphatic heterocycles. The minimum atomic E-state index is -0.148. The van der Waals surface area contributed by atoms with Crippen LogP contribution in [0.3, 0.4) is 0 Å². The Morgan fingerprint density at radius 2 is 1.77 bits per heavy atom. The highest BCUT2D eigenvalue weighted by Gasteiger charge is 2.20. The molecule has 0 spiro atoms. The highest BCUT2D eigenvalue weighted by Crippen LogP contribution is 2.39. The van der Waals surface area contributed by atoms with Gasteiger partial charge in [-0.3, -0.25) is 0 Å². The lowest BCUT2D eigenvalue weighted by Gasteiger charge is -2.31. The van der Waals surface area contributed by atoms with E-state index in [0.29, 0.717) is 0 Å². The zero-order valence-corrected chi connectivity index (χ0v) is 16.1. The Morgan fingerprint density at radius 1 is 1.04 bits per heavy atom. The lowest BCUT2D eigenvalue weighted by molar-refractivity contribution is 0.619. The van der Waals surface area contributed by atoms with Gasteiger partial charge < -0.3 is 10.6 Å². The van der Waals surface area contributed by atoms with Crippen molar-refractivity contribution in [3.8, 4) is 11.1 Å². The Balaban J connectivity index is 1.70. The van der Waals surface area contributed by atoms with Crippen molar-refractivity contribution in [3.05, 3.63) is 64.1 Å². The third kappa shape index (κ3) is 2.86. The van der Waals surface area contributed by atoms with E-state index in [1.807, 2.05) is 13.0 Å². The quantitative estimate of drug-likeness (QED) is 0.691. The number of nitrogen functional groups attached to an aromatic ring is 1. The molecule has 0 fully saturated rings.